The molecule has 0 saturated carbocycles. The van der Waals surface area contributed by atoms with Gasteiger partial charge < -0.3 is 10.2 Å². The summed E-state index contributed by atoms with van der Waals surface area (Å²) in [6, 6.07) is 45.8. The molecule has 2 N–H and O–H groups in total. The minimum atomic E-state index is 0. The number of rotatable bonds is 5. The quantitative estimate of drug-likeness (QED) is 0.290. The molecule has 0 saturated heterocycles. The maximum absolute atomic E-state index is 6.54. The van der Waals surface area contributed by atoms with Crippen molar-refractivity contribution < 1.29 is 10.2 Å². The van der Waals surface area contributed by atoms with Gasteiger partial charge in [0, 0.05) is 11.1 Å². The van der Waals surface area contributed by atoms with Crippen LogP contribution in [-0.4, -0.2) is 5.48 Å². The van der Waals surface area contributed by atoms with Crippen molar-refractivity contribution in [2.45, 2.75) is 0 Å². The van der Waals surface area contributed by atoms with Gasteiger partial charge in [0.25, 0.3) is 0 Å². The van der Waals surface area contributed by atoms with Crippen LogP contribution in [0.4, 0.5) is 0 Å². The summed E-state index contributed by atoms with van der Waals surface area (Å²) in [6.45, 7) is 0. The van der Waals surface area contributed by atoms with Crippen molar-refractivity contribution in [1.82, 2.24) is 0 Å². The molecule has 0 amide bonds. The molecule has 0 spiro atoms. The molecule has 0 radical (unpaired) electrons. The van der Waals surface area contributed by atoms with E-state index >= 15 is 0 Å². The minimum Gasteiger partial charge on any atom is -0.456 e. The highest BCUT2D eigenvalue weighted by Crippen LogP contribution is 2.40. The van der Waals surface area contributed by atoms with Crippen LogP contribution >= 0.6 is 0 Å². The second-order valence-corrected chi connectivity index (χ2v) is 7.37. The molecule has 0 fully saturated rings. The SMILES string of the molecule is O.c1ccc(-c2ccccc2Oc2ccccc2-c2ccccc2-c2ccccc2)cc1. The zero-order valence-corrected chi connectivity index (χ0v) is 17.6. The summed E-state index contributed by atoms with van der Waals surface area (Å²) in [7, 11) is 0. The fraction of sp³-hybridized carbons (Fsp3) is 0. The summed E-state index contributed by atoms with van der Waals surface area (Å²) in [6.07, 6.45) is 0. The molecule has 0 unspecified atom stereocenters. The van der Waals surface area contributed by atoms with Crippen LogP contribution in [0.2, 0.25) is 0 Å². The first kappa shape index (κ1) is 21.1. The van der Waals surface area contributed by atoms with E-state index in [-0.39, 0.29) is 5.48 Å². The summed E-state index contributed by atoms with van der Waals surface area (Å²) in [4.78, 5) is 0. The Hall–Kier alpha value is -4.14. The molecule has 0 atom stereocenters. The van der Waals surface area contributed by atoms with Gasteiger partial charge in [-0.15, -0.1) is 0 Å². The lowest BCUT2D eigenvalue weighted by atomic mass is 9.94. The highest BCUT2D eigenvalue weighted by Gasteiger charge is 2.14. The Labute approximate surface area is 188 Å². The summed E-state index contributed by atoms with van der Waals surface area (Å²) < 4.78 is 6.54. The molecule has 5 aromatic rings. The standard InChI is InChI=1S/C30H22O.H2O/c1-3-13-23(14-4-1)25-17-7-8-19-27(25)28-20-10-12-22-30(28)31-29-21-11-9-18-26(29)24-15-5-2-6-16-24;/h1-22H;1H2. The molecule has 5 rings (SSSR count). The average molecular weight is 417 g/mol. The van der Waals surface area contributed by atoms with E-state index in [2.05, 4.69) is 91.0 Å². The Morgan fingerprint density at radius 2 is 0.688 bits per heavy atom. The van der Waals surface area contributed by atoms with Crippen molar-refractivity contribution in [3.8, 4) is 44.9 Å². The number of hydrogen-bond acceptors (Lipinski definition) is 1. The van der Waals surface area contributed by atoms with Crippen molar-refractivity contribution in [2.24, 2.45) is 0 Å². The van der Waals surface area contributed by atoms with Crippen LogP contribution in [0.3, 0.4) is 0 Å². The average Bonchev–Trinajstić information content (AvgIpc) is 2.86. The van der Waals surface area contributed by atoms with Gasteiger partial charge in [0.05, 0.1) is 0 Å². The summed E-state index contributed by atoms with van der Waals surface area (Å²) in [5.74, 6) is 1.69. The molecule has 0 heterocycles. The van der Waals surface area contributed by atoms with E-state index in [1.807, 2.05) is 42.5 Å². The van der Waals surface area contributed by atoms with Gasteiger partial charge in [0.2, 0.25) is 0 Å². The van der Waals surface area contributed by atoms with Crippen molar-refractivity contribution >= 4 is 0 Å². The number of ether oxygens (including phenoxy) is 1. The number of benzene rings is 5. The van der Waals surface area contributed by atoms with Gasteiger partial charge in [-0.1, -0.05) is 121 Å². The van der Waals surface area contributed by atoms with Crippen LogP contribution in [-0.2, 0) is 0 Å². The summed E-state index contributed by atoms with van der Waals surface area (Å²) in [5.41, 5.74) is 6.83. The van der Waals surface area contributed by atoms with Gasteiger partial charge >= 0.3 is 0 Å². The molecular weight excluding hydrogens is 392 g/mol. The van der Waals surface area contributed by atoms with E-state index in [1.165, 1.54) is 11.1 Å². The molecule has 32 heavy (non-hydrogen) atoms. The van der Waals surface area contributed by atoms with Crippen molar-refractivity contribution in [1.29, 1.82) is 0 Å². The Kier molecular flexibility index (Phi) is 6.45. The summed E-state index contributed by atoms with van der Waals surface area (Å²) >= 11 is 0. The van der Waals surface area contributed by atoms with Crippen molar-refractivity contribution in [2.75, 3.05) is 0 Å². The van der Waals surface area contributed by atoms with Crippen molar-refractivity contribution in [3.63, 3.8) is 0 Å². The topological polar surface area (TPSA) is 40.7 Å². The van der Waals surface area contributed by atoms with E-state index in [9.17, 15) is 0 Å². The van der Waals surface area contributed by atoms with Crippen LogP contribution in [0.15, 0.2) is 133 Å². The van der Waals surface area contributed by atoms with Crippen molar-refractivity contribution in [3.05, 3.63) is 133 Å². The highest BCUT2D eigenvalue weighted by molar-refractivity contribution is 5.86. The second-order valence-electron chi connectivity index (χ2n) is 7.37. The lowest BCUT2D eigenvalue weighted by Gasteiger charge is -2.16. The molecule has 0 aromatic heterocycles. The Balaban J connectivity index is 0.00000245. The van der Waals surface area contributed by atoms with Crippen LogP contribution in [0, 0.1) is 0 Å². The lowest BCUT2D eigenvalue weighted by Crippen LogP contribution is -1.92. The highest BCUT2D eigenvalue weighted by atomic mass is 16.5. The van der Waals surface area contributed by atoms with E-state index in [0.29, 0.717) is 0 Å². The van der Waals surface area contributed by atoms with Gasteiger partial charge in [-0.2, -0.15) is 0 Å². The third-order valence-corrected chi connectivity index (χ3v) is 5.38. The smallest absolute Gasteiger partial charge is 0.135 e. The Bertz CT molecular complexity index is 1290. The largest absolute Gasteiger partial charge is 0.456 e. The first-order valence-corrected chi connectivity index (χ1v) is 10.5. The lowest BCUT2D eigenvalue weighted by molar-refractivity contribution is 0.486. The molecule has 156 valence electrons. The van der Waals surface area contributed by atoms with Gasteiger partial charge in [-0.25, -0.2) is 0 Å². The monoisotopic (exact) mass is 416 g/mol. The van der Waals surface area contributed by atoms with Gasteiger partial charge in [-0.3, -0.25) is 0 Å². The molecule has 0 aliphatic heterocycles. The first-order chi connectivity index (χ1) is 15.4. The van der Waals surface area contributed by atoms with E-state index in [1.54, 1.807) is 0 Å². The zero-order valence-electron chi connectivity index (χ0n) is 17.6. The zero-order chi connectivity index (χ0) is 20.9. The van der Waals surface area contributed by atoms with E-state index in [4.69, 9.17) is 4.74 Å². The van der Waals surface area contributed by atoms with Crippen LogP contribution in [0.25, 0.3) is 33.4 Å². The van der Waals surface area contributed by atoms with E-state index < -0.39 is 0 Å². The number of para-hydroxylation sites is 2. The fourth-order valence-corrected chi connectivity index (χ4v) is 3.90. The minimum absolute atomic E-state index is 0. The Morgan fingerprint density at radius 3 is 1.28 bits per heavy atom. The predicted molar refractivity (Wildman–Crippen MR) is 133 cm³/mol. The van der Waals surface area contributed by atoms with Crippen LogP contribution in [0.5, 0.6) is 11.5 Å². The maximum atomic E-state index is 6.54. The number of hydrogen-bond donors (Lipinski definition) is 0. The van der Waals surface area contributed by atoms with Gasteiger partial charge in [0.15, 0.2) is 0 Å². The maximum Gasteiger partial charge on any atom is 0.135 e. The molecule has 0 bridgehead atoms. The molecular formula is C30H24O2. The normalized spacial score (nSPS) is 10.2. The fourth-order valence-electron chi connectivity index (χ4n) is 3.90. The van der Waals surface area contributed by atoms with Gasteiger partial charge in [-0.05, 0) is 34.4 Å². The third kappa shape index (κ3) is 4.31. The third-order valence-electron chi connectivity index (χ3n) is 5.38. The molecule has 5 aromatic carbocycles. The van der Waals surface area contributed by atoms with Crippen LogP contribution < -0.4 is 4.74 Å². The summed E-state index contributed by atoms with van der Waals surface area (Å²) in [5, 5.41) is 0. The molecule has 2 heteroatoms. The molecule has 0 aliphatic rings. The second kappa shape index (κ2) is 9.78. The first-order valence-electron chi connectivity index (χ1n) is 10.5. The van der Waals surface area contributed by atoms with Gasteiger partial charge in [0.1, 0.15) is 11.5 Å². The molecule has 2 nitrogen and oxygen atoms in total. The van der Waals surface area contributed by atoms with Crippen LogP contribution in [0.1, 0.15) is 0 Å². The predicted octanol–water partition coefficient (Wildman–Crippen LogP) is 7.66. The molecule has 0 aliphatic carbocycles. The van der Waals surface area contributed by atoms with E-state index in [0.717, 1.165) is 33.8 Å². The Morgan fingerprint density at radius 1 is 0.312 bits per heavy atom.